The largest absolute Gasteiger partial charge is 0.493 e. The molecule has 1 aliphatic heterocycles. The zero-order chi connectivity index (χ0) is 19.2. The van der Waals surface area contributed by atoms with Crippen molar-refractivity contribution in [3.8, 4) is 11.5 Å². The summed E-state index contributed by atoms with van der Waals surface area (Å²) < 4.78 is 15.6. The number of imide groups is 1. The van der Waals surface area contributed by atoms with Gasteiger partial charge in [0.25, 0.3) is 11.8 Å². The molecular weight excluding hydrogens is 350 g/mol. The molecule has 27 heavy (non-hydrogen) atoms. The van der Waals surface area contributed by atoms with Gasteiger partial charge in [-0.15, -0.1) is 0 Å². The summed E-state index contributed by atoms with van der Waals surface area (Å²) in [6.45, 7) is 0.0158. The van der Waals surface area contributed by atoms with Crippen LogP contribution in [0.15, 0.2) is 48.5 Å². The van der Waals surface area contributed by atoms with E-state index in [1.54, 1.807) is 48.5 Å². The quantitative estimate of drug-likeness (QED) is 0.403. The van der Waals surface area contributed by atoms with Gasteiger partial charge in [-0.2, -0.15) is 0 Å². The van der Waals surface area contributed by atoms with Crippen LogP contribution in [0, 0.1) is 0 Å². The van der Waals surface area contributed by atoms with Crippen LogP contribution in [0.4, 0.5) is 0 Å². The third-order valence-electron chi connectivity index (χ3n) is 4.08. The van der Waals surface area contributed by atoms with Gasteiger partial charge in [0.15, 0.2) is 18.1 Å². The van der Waals surface area contributed by atoms with Gasteiger partial charge >= 0.3 is 5.97 Å². The van der Waals surface area contributed by atoms with Crippen molar-refractivity contribution in [3.05, 3.63) is 59.7 Å². The Morgan fingerprint density at radius 1 is 0.926 bits per heavy atom. The van der Waals surface area contributed by atoms with Crippen LogP contribution >= 0.6 is 0 Å². The van der Waals surface area contributed by atoms with Gasteiger partial charge in [0, 0.05) is 6.54 Å². The Balaban J connectivity index is 1.41. The van der Waals surface area contributed by atoms with E-state index in [-0.39, 0.29) is 31.6 Å². The van der Waals surface area contributed by atoms with E-state index in [4.69, 9.17) is 14.2 Å². The van der Waals surface area contributed by atoms with Crippen molar-refractivity contribution in [2.75, 3.05) is 26.9 Å². The Bertz CT molecular complexity index is 828. The fourth-order valence-electron chi connectivity index (χ4n) is 2.77. The predicted octanol–water partition coefficient (Wildman–Crippen LogP) is 2.30. The van der Waals surface area contributed by atoms with Crippen LogP contribution in [0.2, 0.25) is 0 Å². The van der Waals surface area contributed by atoms with E-state index in [0.29, 0.717) is 29.0 Å². The Morgan fingerprint density at radius 3 is 2.15 bits per heavy atom. The molecule has 0 saturated carbocycles. The maximum Gasteiger partial charge on any atom is 0.344 e. The summed E-state index contributed by atoms with van der Waals surface area (Å²) in [4.78, 5) is 37.4. The highest BCUT2D eigenvalue weighted by Crippen LogP contribution is 2.25. The number of hydrogen-bond acceptors (Lipinski definition) is 6. The molecule has 1 heterocycles. The fraction of sp³-hybridized carbons (Fsp3) is 0.250. The molecule has 0 spiro atoms. The molecule has 3 rings (SSSR count). The lowest BCUT2D eigenvalue weighted by Crippen LogP contribution is -2.31. The summed E-state index contributed by atoms with van der Waals surface area (Å²) in [6, 6.07) is 13.7. The summed E-state index contributed by atoms with van der Waals surface area (Å²) in [5, 5.41) is 0. The van der Waals surface area contributed by atoms with E-state index < -0.39 is 5.97 Å². The SMILES string of the molecule is COc1ccccc1OCC(=O)OCCCN1C(=O)c2ccccc2C1=O. The topological polar surface area (TPSA) is 82.1 Å². The molecular formula is C20H19NO6. The fourth-order valence-corrected chi connectivity index (χ4v) is 2.77. The van der Waals surface area contributed by atoms with Crippen LogP contribution in [-0.2, 0) is 9.53 Å². The number of benzene rings is 2. The van der Waals surface area contributed by atoms with Gasteiger partial charge in [-0.3, -0.25) is 14.5 Å². The van der Waals surface area contributed by atoms with Crippen LogP contribution in [0.5, 0.6) is 11.5 Å². The summed E-state index contributed by atoms with van der Waals surface area (Å²) in [5.74, 6) is -0.204. The highest BCUT2D eigenvalue weighted by atomic mass is 16.6. The molecule has 7 heteroatoms. The number of nitrogens with zero attached hydrogens (tertiary/aromatic N) is 1. The maximum absolute atomic E-state index is 12.2. The Kier molecular flexibility index (Phi) is 5.71. The van der Waals surface area contributed by atoms with Crippen molar-refractivity contribution in [2.45, 2.75) is 6.42 Å². The number of hydrogen-bond donors (Lipinski definition) is 0. The Morgan fingerprint density at radius 2 is 1.52 bits per heavy atom. The van der Waals surface area contributed by atoms with Gasteiger partial charge < -0.3 is 14.2 Å². The molecule has 0 fully saturated rings. The first-order valence-electron chi connectivity index (χ1n) is 8.48. The van der Waals surface area contributed by atoms with Crippen molar-refractivity contribution < 1.29 is 28.6 Å². The summed E-state index contributed by atoms with van der Waals surface area (Å²) in [7, 11) is 1.51. The van der Waals surface area contributed by atoms with Gasteiger partial charge in [0.05, 0.1) is 24.8 Å². The summed E-state index contributed by atoms with van der Waals surface area (Å²) in [6.07, 6.45) is 0.353. The van der Waals surface area contributed by atoms with Gasteiger partial charge in [-0.1, -0.05) is 24.3 Å². The number of carbonyl (C=O) groups excluding carboxylic acids is 3. The maximum atomic E-state index is 12.2. The lowest BCUT2D eigenvalue weighted by Gasteiger charge is -2.14. The van der Waals surface area contributed by atoms with E-state index in [1.807, 2.05) is 0 Å². The number of rotatable bonds is 8. The molecule has 1 aliphatic rings. The van der Waals surface area contributed by atoms with Gasteiger partial charge in [-0.05, 0) is 30.7 Å². The van der Waals surface area contributed by atoms with Crippen molar-refractivity contribution in [1.82, 2.24) is 4.90 Å². The van der Waals surface area contributed by atoms with Gasteiger partial charge in [0.2, 0.25) is 0 Å². The molecule has 0 radical (unpaired) electrons. The molecule has 0 atom stereocenters. The molecule has 2 aromatic carbocycles. The van der Waals surface area contributed by atoms with Crippen LogP contribution in [0.25, 0.3) is 0 Å². The zero-order valence-electron chi connectivity index (χ0n) is 14.8. The minimum Gasteiger partial charge on any atom is -0.493 e. The molecule has 2 amide bonds. The van der Waals surface area contributed by atoms with Crippen LogP contribution < -0.4 is 9.47 Å². The van der Waals surface area contributed by atoms with E-state index in [9.17, 15) is 14.4 Å². The number of methoxy groups -OCH3 is 1. The van der Waals surface area contributed by atoms with Crippen LogP contribution in [-0.4, -0.2) is 49.6 Å². The van der Waals surface area contributed by atoms with E-state index in [2.05, 4.69) is 0 Å². The van der Waals surface area contributed by atoms with E-state index in [1.165, 1.54) is 12.0 Å². The minimum absolute atomic E-state index is 0.0848. The molecule has 0 saturated heterocycles. The van der Waals surface area contributed by atoms with Crippen LogP contribution in [0.1, 0.15) is 27.1 Å². The predicted molar refractivity (Wildman–Crippen MR) is 95.9 cm³/mol. The summed E-state index contributed by atoms with van der Waals surface area (Å²) >= 11 is 0. The molecule has 0 aliphatic carbocycles. The number of fused-ring (bicyclic) bond motifs is 1. The third kappa shape index (κ3) is 4.08. The second-order valence-corrected chi connectivity index (χ2v) is 5.82. The molecule has 140 valence electrons. The third-order valence-corrected chi connectivity index (χ3v) is 4.08. The first kappa shape index (κ1) is 18.4. The minimum atomic E-state index is -0.539. The highest BCUT2D eigenvalue weighted by Gasteiger charge is 2.34. The Hall–Kier alpha value is -3.35. The Labute approximate surface area is 156 Å². The first-order chi connectivity index (χ1) is 13.1. The van der Waals surface area contributed by atoms with Gasteiger partial charge in [0.1, 0.15) is 0 Å². The number of ether oxygens (including phenoxy) is 3. The smallest absolute Gasteiger partial charge is 0.344 e. The van der Waals surface area contributed by atoms with E-state index in [0.717, 1.165) is 0 Å². The van der Waals surface area contributed by atoms with Crippen LogP contribution in [0.3, 0.4) is 0 Å². The van der Waals surface area contributed by atoms with Crippen molar-refractivity contribution >= 4 is 17.8 Å². The first-order valence-corrected chi connectivity index (χ1v) is 8.48. The molecule has 0 aromatic heterocycles. The van der Waals surface area contributed by atoms with Gasteiger partial charge in [-0.25, -0.2) is 4.79 Å². The van der Waals surface area contributed by atoms with Crippen molar-refractivity contribution in [1.29, 1.82) is 0 Å². The number of carbonyl (C=O) groups is 3. The monoisotopic (exact) mass is 369 g/mol. The normalized spacial score (nSPS) is 12.7. The zero-order valence-corrected chi connectivity index (χ0v) is 14.8. The molecule has 0 unspecified atom stereocenters. The number of esters is 1. The molecule has 0 bridgehead atoms. The van der Waals surface area contributed by atoms with Crippen molar-refractivity contribution in [2.24, 2.45) is 0 Å². The summed E-state index contributed by atoms with van der Waals surface area (Å²) in [5.41, 5.74) is 0.814. The standard InChI is InChI=1S/C20H19NO6/c1-25-16-9-4-5-10-17(16)27-13-18(22)26-12-6-11-21-19(23)14-7-2-3-8-15(14)20(21)24/h2-5,7-10H,6,11-13H2,1H3. The molecule has 2 aromatic rings. The number of amides is 2. The lowest BCUT2D eigenvalue weighted by atomic mass is 10.1. The molecule has 0 N–H and O–H groups in total. The average Bonchev–Trinajstić information content (AvgIpc) is 2.94. The average molecular weight is 369 g/mol. The van der Waals surface area contributed by atoms with Crippen molar-refractivity contribution in [3.63, 3.8) is 0 Å². The lowest BCUT2D eigenvalue weighted by molar-refractivity contribution is -0.146. The molecule has 7 nitrogen and oxygen atoms in total. The second kappa shape index (κ2) is 8.35. The highest BCUT2D eigenvalue weighted by molar-refractivity contribution is 6.21. The van der Waals surface area contributed by atoms with E-state index >= 15 is 0 Å². The number of para-hydroxylation sites is 2. The second-order valence-electron chi connectivity index (χ2n) is 5.82.